The number of anilines is 1. The van der Waals surface area contributed by atoms with Gasteiger partial charge in [0.25, 0.3) is 5.91 Å². The number of nitrogens with two attached hydrogens (primary N) is 1. The molecule has 0 bridgehead atoms. The number of pyridine rings is 1. The SMILES string of the molecule is Cl.Cl.NC1CCCC(C(=O)NCc2ccc(C(=O)Nc3ccncc3)cc2)C1. The molecule has 1 aromatic carbocycles. The Morgan fingerprint density at radius 3 is 2.36 bits per heavy atom. The van der Waals surface area contributed by atoms with Gasteiger partial charge >= 0.3 is 0 Å². The Morgan fingerprint density at radius 2 is 1.71 bits per heavy atom. The predicted molar refractivity (Wildman–Crippen MR) is 115 cm³/mol. The van der Waals surface area contributed by atoms with E-state index in [1.54, 1.807) is 36.7 Å². The summed E-state index contributed by atoms with van der Waals surface area (Å²) in [6.45, 7) is 0.455. The third-order valence-electron chi connectivity index (χ3n) is 4.71. The van der Waals surface area contributed by atoms with E-state index < -0.39 is 0 Å². The highest BCUT2D eigenvalue weighted by molar-refractivity contribution is 6.04. The first-order chi connectivity index (χ1) is 12.6. The van der Waals surface area contributed by atoms with Gasteiger partial charge in [-0.1, -0.05) is 18.6 Å². The molecule has 1 aliphatic carbocycles. The summed E-state index contributed by atoms with van der Waals surface area (Å²) in [6, 6.07) is 10.8. The minimum atomic E-state index is -0.178. The van der Waals surface area contributed by atoms with Crippen LogP contribution in [0, 0.1) is 5.92 Å². The summed E-state index contributed by atoms with van der Waals surface area (Å²) in [5.74, 6) is -0.0909. The molecule has 1 heterocycles. The Labute approximate surface area is 177 Å². The summed E-state index contributed by atoms with van der Waals surface area (Å²) in [7, 11) is 0. The van der Waals surface area contributed by atoms with E-state index >= 15 is 0 Å². The largest absolute Gasteiger partial charge is 0.352 e. The standard InChI is InChI=1S/C20H24N4O2.2ClH/c21-17-3-1-2-16(12-17)19(25)23-13-14-4-6-15(7-5-14)20(26)24-18-8-10-22-11-9-18;;/h4-11,16-17H,1-3,12-13,21H2,(H,23,25)(H,22,24,26);2*1H. The number of nitrogens with one attached hydrogen (secondary N) is 2. The van der Waals surface area contributed by atoms with Crippen molar-refractivity contribution in [2.45, 2.75) is 38.3 Å². The van der Waals surface area contributed by atoms with Crippen molar-refractivity contribution in [3.63, 3.8) is 0 Å². The quantitative estimate of drug-likeness (QED) is 0.685. The lowest BCUT2D eigenvalue weighted by Crippen LogP contribution is -2.37. The van der Waals surface area contributed by atoms with E-state index in [9.17, 15) is 9.59 Å². The maximum absolute atomic E-state index is 12.3. The average Bonchev–Trinajstić information content (AvgIpc) is 2.67. The molecule has 1 saturated carbocycles. The van der Waals surface area contributed by atoms with Gasteiger partial charge < -0.3 is 16.4 Å². The van der Waals surface area contributed by atoms with Crippen molar-refractivity contribution in [3.8, 4) is 0 Å². The molecule has 0 radical (unpaired) electrons. The van der Waals surface area contributed by atoms with E-state index in [2.05, 4.69) is 15.6 Å². The summed E-state index contributed by atoms with van der Waals surface area (Å²) in [6.07, 6.45) is 6.95. The van der Waals surface area contributed by atoms with E-state index in [0.29, 0.717) is 17.8 Å². The summed E-state index contributed by atoms with van der Waals surface area (Å²) in [5.41, 5.74) is 8.17. The Kier molecular flexibility index (Phi) is 9.93. The average molecular weight is 425 g/mol. The van der Waals surface area contributed by atoms with Crippen LogP contribution in [-0.2, 0) is 11.3 Å². The van der Waals surface area contributed by atoms with Crippen LogP contribution in [0.25, 0.3) is 0 Å². The summed E-state index contributed by atoms with van der Waals surface area (Å²) in [5, 5.41) is 5.79. The minimum absolute atomic E-state index is 0. The molecule has 3 rings (SSSR count). The number of halogens is 2. The molecule has 2 atom stereocenters. The minimum Gasteiger partial charge on any atom is -0.352 e. The first kappa shape index (κ1) is 23.9. The molecule has 4 N–H and O–H groups in total. The van der Waals surface area contributed by atoms with Crippen molar-refractivity contribution in [1.82, 2.24) is 10.3 Å². The normalized spacial score (nSPS) is 18.2. The highest BCUT2D eigenvalue weighted by Gasteiger charge is 2.24. The van der Waals surface area contributed by atoms with Crippen LogP contribution >= 0.6 is 24.8 Å². The fraction of sp³-hybridized carbons (Fsp3) is 0.350. The van der Waals surface area contributed by atoms with Crippen LogP contribution in [0.3, 0.4) is 0 Å². The first-order valence-corrected chi connectivity index (χ1v) is 8.95. The van der Waals surface area contributed by atoms with Gasteiger partial charge in [0, 0.05) is 42.1 Å². The van der Waals surface area contributed by atoms with Crippen LogP contribution in [0.2, 0.25) is 0 Å². The van der Waals surface area contributed by atoms with Crippen molar-refractivity contribution in [1.29, 1.82) is 0 Å². The number of benzene rings is 1. The van der Waals surface area contributed by atoms with Gasteiger partial charge in [-0.25, -0.2) is 0 Å². The van der Waals surface area contributed by atoms with E-state index in [-0.39, 0.29) is 48.6 Å². The topological polar surface area (TPSA) is 97.1 Å². The molecular formula is C20H26Cl2N4O2. The van der Waals surface area contributed by atoms with Gasteiger partial charge in [-0.15, -0.1) is 24.8 Å². The number of aromatic nitrogens is 1. The number of hydrogen-bond donors (Lipinski definition) is 3. The lowest BCUT2D eigenvalue weighted by Gasteiger charge is -2.25. The van der Waals surface area contributed by atoms with Crippen LogP contribution < -0.4 is 16.4 Å². The third kappa shape index (κ3) is 6.78. The second kappa shape index (κ2) is 11.6. The second-order valence-corrected chi connectivity index (χ2v) is 6.73. The Morgan fingerprint density at radius 1 is 1.04 bits per heavy atom. The maximum Gasteiger partial charge on any atom is 0.255 e. The van der Waals surface area contributed by atoms with Gasteiger partial charge in [-0.3, -0.25) is 14.6 Å². The molecule has 1 fully saturated rings. The van der Waals surface area contributed by atoms with Gasteiger partial charge in [0.2, 0.25) is 5.91 Å². The van der Waals surface area contributed by atoms with E-state index in [4.69, 9.17) is 5.73 Å². The smallest absolute Gasteiger partial charge is 0.255 e. The summed E-state index contributed by atoms with van der Waals surface area (Å²) in [4.78, 5) is 28.4. The Hall–Kier alpha value is -2.15. The molecule has 28 heavy (non-hydrogen) atoms. The molecule has 0 spiro atoms. The molecule has 0 saturated heterocycles. The number of hydrogen-bond acceptors (Lipinski definition) is 4. The number of carbonyl (C=O) groups excluding carboxylic acids is 2. The van der Waals surface area contributed by atoms with Gasteiger partial charge in [0.1, 0.15) is 0 Å². The third-order valence-corrected chi connectivity index (χ3v) is 4.71. The highest BCUT2D eigenvalue weighted by Crippen LogP contribution is 2.23. The van der Waals surface area contributed by atoms with E-state index in [1.165, 1.54) is 0 Å². The maximum atomic E-state index is 12.3. The number of nitrogens with zero attached hydrogens (tertiary/aromatic N) is 1. The molecule has 8 heteroatoms. The summed E-state index contributed by atoms with van der Waals surface area (Å²) >= 11 is 0. The van der Waals surface area contributed by atoms with Crippen LogP contribution in [0.15, 0.2) is 48.8 Å². The zero-order valence-electron chi connectivity index (χ0n) is 15.5. The van der Waals surface area contributed by atoms with Crippen LogP contribution in [0.4, 0.5) is 5.69 Å². The van der Waals surface area contributed by atoms with Gasteiger partial charge in [0.05, 0.1) is 0 Å². The molecule has 6 nitrogen and oxygen atoms in total. The van der Waals surface area contributed by atoms with Crippen molar-refractivity contribution in [2.24, 2.45) is 11.7 Å². The van der Waals surface area contributed by atoms with Crippen molar-refractivity contribution >= 4 is 42.3 Å². The van der Waals surface area contributed by atoms with Crippen molar-refractivity contribution in [2.75, 3.05) is 5.32 Å². The predicted octanol–water partition coefficient (Wildman–Crippen LogP) is 3.31. The van der Waals surface area contributed by atoms with Crippen LogP contribution in [-0.4, -0.2) is 22.8 Å². The Bertz CT molecular complexity index is 757. The number of rotatable bonds is 5. The summed E-state index contributed by atoms with van der Waals surface area (Å²) < 4.78 is 0. The molecular weight excluding hydrogens is 399 g/mol. The number of amides is 2. The molecule has 152 valence electrons. The lowest BCUT2D eigenvalue weighted by atomic mass is 9.85. The fourth-order valence-electron chi connectivity index (χ4n) is 3.21. The van der Waals surface area contributed by atoms with Crippen molar-refractivity contribution in [3.05, 3.63) is 59.9 Å². The van der Waals surface area contributed by atoms with E-state index in [1.807, 2.05) is 12.1 Å². The second-order valence-electron chi connectivity index (χ2n) is 6.73. The van der Waals surface area contributed by atoms with Crippen molar-refractivity contribution < 1.29 is 9.59 Å². The van der Waals surface area contributed by atoms with Crippen LogP contribution in [0.1, 0.15) is 41.6 Å². The molecule has 2 aromatic rings. The zero-order chi connectivity index (χ0) is 18.4. The highest BCUT2D eigenvalue weighted by atomic mass is 35.5. The van der Waals surface area contributed by atoms with Gasteiger partial charge in [0.15, 0.2) is 0 Å². The van der Waals surface area contributed by atoms with Crippen LogP contribution in [0.5, 0.6) is 0 Å². The molecule has 0 aliphatic heterocycles. The lowest BCUT2D eigenvalue weighted by molar-refractivity contribution is -0.126. The van der Waals surface area contributed by atoms with E-state index in [0.717, 1.165) is 31.2 Å². The molecule has 1 aromatic heterocycles. The monoisotopic (exact) mass is 424 g/mol. The fourth-order valence-corrected chi connectivity index (χ4v) is 3.21. The first-order valence-electron chi connectivity index (χ1n) is 8.95. The molecule has 1 aliphatic rings. The molecule has 2 amide bonds. The number of carbonyl (C=O) groups is 2. The zero-order valence-corrected chi connectivity index (χ0v) is 17.1. The van der Waals surface area contributed by atoms with Gasteiger partial charge in [-0.2, -0.15) is 0 Å². The Balaban J connectivity index is 0.00000196. The molecule has 2 unspecified atom stereocenters. The van der Waals surface area contributed by atoms with Gasteiger partial charge in [-0.05, 0) is 49.1 Å².